The number of carbonyl (C=O) groups excluding carboxylic acids is 2. The molecule has 0 radical (unpaired) electrons. The van der Waals surface area contributed by atoms with Crippen LogP contribution in [0, 0.1) is 0 Å². The van der Waals surface area contributed by atoms with Gasteiger partial charge in [-0.2, -0.15) is 0 Å². The van der Waals surface area contributed by atoms with E-state index in [4.69, 9.17) is 15.9 Å². The Kier molecular flexibility index (Phi) is 5.86. The second-order valence-corrected chi connectivity index (χ2v) is 5.42. The minimum atomic E-state index is -1.31. The Labute approximate surface area is 127 Å². The number of carboxylic acids is 2. The lowest BCUT2D eigenvalue weighted by Crippen LogP contribution is -2.59. The van der Waals surface area contributed by atoms with Crippen molar-refractivity contribution in [3.8, 4) is 0 Å². The molecule has 0 aromatic rings. The van der Waals surface area contributed by atoms with E-state index in [1.165, 1.54) is 4.90 Å². The molecule has 1 heterocycles. The molecule has 124 valence electrons. The Morgan fingerprint density at radius 2 is 1.95 bits per heavy atom. The number of hydrogen-bond donors (Lipinski definition) is 4. The normalized spacial score (nSPS) is 22.2. The Morgan fingerprint density at radius 1 is 1.32 bits per heavy atom. The fraction of sp³-hybridized carbons (Fsp3) is 0.692. The van der Waals surface area contributed by atoms with E-state index in [9.17, 15) is 19.2 Å². The molecule has 0 aromatic heterocycles. The van der Waals surface area contributed by atoms with Gasteiger partial charge in [-0.05, 0) is 26.2 Å². The van der Waals surface area contributed by atoms with Crippen molar-refractivity contribution in [3.05, 3.63) is 0 Å². The maximum absolute atomic E-state index is 12.4. The van der Waals surface area contributed by atoms with Crippen molar-refractivity contribution < 1.29 is 29.4 Å². The molecule has 0 spiro atoms. The largest absolute Gasteiger partial charge is 0.481 e. The van der Waals surface area contributed by atoms with E-state index in [0.29, 0.717) is 19.4 Å². The zero-order chi connectivity index (χ0) is 16.9. The smallest absolute Gasteiger partial charge is 0.326 e. The second kappa shape index (κ2) is 7.21. The predicted molar refractivity (Wildman–Crippen MR) is 74.8 cm³/mol. The van der Waals surface area contributed by atoms with Gasteiger partial charge < -0.3 is 26.2 Å². The molecule has 1 rings (SSSR count). The van der Waals surface area contributed by atoms with Crippen molar-refractivity contribution in [2.75, 3.05) is 13.1 Å². The van der Waals surface area contributed by atoms with E-state index in [1.807, 2.05) is 0 Å². The zero-order valence-electron chi connectivity index (χ0n) is 12.4. The van der Waals surface area contributed by atoms with Crippen LogP contribution in [0.25, 0.3) is 0 Å². The third-order valence-corrected chi connectivity index (χ3v) is 3.86. The Morgan fingerprint density at radius 3 is 2.45 bits per heavy atom. The van der Waals surface area contributed by atoms with Crippen LogP contribution in [0.2, 0.25) is 0 Å². The first-order valence-corrected chi connectivity index (χ1v) is 6.98. The molecule has 1 unspecified atom stereocenters. The van der Waals surface area contributed by atoms with Gasteiger partial charge in [-0.3, -0.25) is 14.4 Å². The van der Waals surface area contributed by atoms with E-state index in [-0.39, 0.29) is 25.3 Å². The van der Waals surface area contributed by atoms with E-state index in [2.05, 4.69) is 5.32 Å². The fourth-order valence-corrected chi connectivity index (χ4v) is 2.55. The lowest BCUT2D eigenvalue weighted by molar-refractivity contribution is -0.147. The van der Waals surface area contributed by atoms with Gasteiger partial charge in [-0.15, -0.1) is 0 Å². The Bertz CT molecular complexity index is 480. The lowest BCUT2D eigenvalue weighted by atomic mass is 9.96. The molecule has 0 bridgehead atoms. The van der Waals surface area contributed by atoms with Gasteiger partial charge in [0.25, 0.3) is 0 Å². The molecule has 2 amide bonds. The summed E-state index contributed by atoms with van der Waals surface area (Å²) in [6.45, 7) is 1.70. The van der Waals surface area contributed by atoms with Crippen LogP contribution < -0.4 is 11.1 Å². The molecular weight excluding hydrogens is 294 g/mol. The summed E-state index contributed by atoms with van der Waals surface area (Å²) in [5.74, 6) is -3.45. The van der Waals surface area contributed by atoms with Gasteiger partial charge in [0.2, 0.25) is 11.8 Å². The summed E-state index contributed by atoms with van der Waals surface area (Å²) in [5.41, 5.74) is 4.16. The van der Waals surface area contributed by atoms with Gasteiger partial charge in [0.05, 0.1) is 6.54 Å². The van der Waals surface area contributed by atoms with Gasteiger partial charge in [0.15, 0.2) is 0 Å². The minimum absolute atomic E-state index is 0.225. The van der Waals surface area contributed by atoms with Crippen molar-refractivity contribution >= 4 is 23.8 Å². The van der Waals surface area contributed by atoms with E-state index >= 15 is 0 Å². The van der Waals surface area contributed by atoms with Crippen molar-refractivity contribution in [2.24, 2.45) is 5.73 Å². The molecule has 2 atom stereocenters. The molecule has 1 aliphatic rings. The van der Waals surface area contributed by atoms with Gasteiger partial charge in [-0.1, -0.05) is 0 Å². The van der Waals surface area contributed by atoms with Gasteiger partial charge >= 0.3 is 11.9 Å². The molecule has 22 heavy (non-hydrogen) atoms. The molecule has 9 nitrogen and oxygen atoms in total. The average Bonchev–Trinajstić information content (AvgIpc) is 2.85. The molecule has 1 saturated heterocycles. The zero-order valence-corrected chi connectivity index (χ0v) is 12.4. The quantitative estimate of drug-likeness (QED) is 0.459. The van der Waals surface area contributed by atoms with Gasteiger partial charge in [0, 0.05) is 13.0 Å². The second-order valence-electron chi connectivity index (χ2n) is 5.42. The highest BCUT2D eigenvalue weighted by atomic mass is 16.4. The average molecular weight is 315 g/mol. The number of nitrogens with zero attached hydrogens (tertiary/aromatic N) is 1. The van der Waals surface area contributed by atoms with Crippen molar-refractivity contribution in [1.82, 2.24) is 10.2 Å². The van der Waals surface area contributed by atoms with Crippen LogP contribution >= 0.6 is 0 Å². The topological polar surface area (TPSA) is 150 Å². The summed E-state index contributed by atoms with van der Waals surface area (Å²) in [4.78, 5) is 47.2. The number of rotatable bonds is 7. The van der Waals surface area contributed by atoms with Crippen molar-refractivity contribution in [3.63, 3.8) is 0 Å². The highest BCUT2D eigenvalue weighted by Gasteiger charge is 2.46. The summed E-state index contributed by atoms with van der Waals surface area (Å²) in [6.07, 6.45) is 0.412. The lowest BCUT2D eigenvalue weighted by Gasteiger charge is -2.34. The van der Waals surface area contributed by atoms with Crippen molar-refractivity contribution in [1.29, 1.82) is 0 Å². The molecular formula is C13H21N3O6. The molecule has 9 heteroatoms. The number of hydrogen-bond acceptors (Lipinski definition) is 5. The summed E-state index contributed by atoms with van der Waals surface area (Å²) < 4.78 is 0. The number of carbonyl (C=O) groups is 4. The number of amides is 2. The van der Waals surface area contributed by atoms with Crippen LogP contribution in [0.3, 0.4) is 0 Å². The standard InChI is InChI=1S/C13H21N3O6/c1-13(5-2-6-16(13)9(17)7-14)12(22)15-8(11(20)21)3-4-10(18)19/h8H,2-7,14H2,1H3,(H,15,22)(H,18,19)(H,20,21)/t8-,13?/m0/s1. The summed E-state index contributed by atoms with van der Waals surface area (Å²) >= 11 is 0. The van der Waals surface area contributed by atoms with Gasteiger partial charge in [-0.25, -0.2) is 4.79 Å². The van der Waals surface area contributed by atoms with Crippen LogP contribution in [0.1, 0.15) is 32.6 Å². The van der Waals surface area contributed by atoms with E-state index in [0.717, 1.165) is 0 Å². The summed E-state index contributed by atoms with van der Waals surface area (Å²) in [7, 11) is 0. The maximum Gasteiger partial charge on any atom is 0.326 e. The fourth-order valence-electron chi connectivity index (χ4n) is 2.55. The first-order valence-electron chi connectivity index (χ1n) is 6.98. The predicted octanol–water partition coefficient (Wildman–Crippen LogP) is -1.24. The SMILES string of the molecule is CC1(C(=O)N[C@@H](CCC(=O)O)C(=O)O)CCCN1C(=O)CN. The van der Waals surface area contributed by atoms with Crippen LogP contribution in [-0.4, -0.2) is 63.5 Å². The monoisotopic (exact) mass is 315 g/mol. The molecule has 0 saturated carbocycles. The molecule has 1 aliphatic heterocycles. The molecule has 5 N–H and O–H groups in total. The third kappa shape index (κ3) is 3.94. The highest BCUT2D eigenvalue weighted by molar-refractivity contribution is 5.94. The highest BCUT2D eigenvalue weighted by Crippen LogP contribution is 2.29. The molecule has 0 aromatic carbocycles. The maximum atomic E-state index is 12.4. The number of nitrogens with one attached hydrogen (secondary N) is 1. The van der Waals surface area contributed by atoms with Crippen LogP contribution in [0.15, 0.2) is 0 Å². The number of likely N-dealkylation sites (tertiary alicyclic amines) is 1. The first-order chi connectivity index (χ1) is 10.2. The molecule has 1 fully saturated rings. The van der Waals surface area contributed by atoms with Gasteiger partial charge in [0.1, 0.15) is 11.6 Å². The number of nitrogens with two attached hydrogens (primary N) is 1. The summed E-state index contributed by atoms with van der Waals surface area (Å²) in [5, 5.41) is 20.0. The Hall–Kier alpha value is -2.16. The number of aliphatic carboxylic acids is 2. The van der Waals surface area contributed by atoms with Crippen molar-refractivity contribution in [2.45, 2.75) is 44.2 Å². The minimum Gasteiger partial charge on any atom is -0.481 e. The molecule has 0 aliphatic carbocycles. The Balaban J connectivity index is 2.81. The van der Waals surface area contributed by atoms with Crippen LogP contribution in [0.4, 0.5) is 0 Å². The third-order valence-electron chi connectivity index (χ3n) is 3.86. The van der Waals surface area contributed by atoms with Crippen LogP contribution in [-0.2, 0) is 19.2 Å². The number of carboxylic acid groups (broad SMARTS) is 2. The first kappa shape index (κ1) is 17.9. The van der Waals surface area contributed by atoms with E-state index in [1.54, 1.807) is 6.92 Å². The van der Waals surface area contributed by atoms with E-state index < -0.39 is 29.4 Å². The van der Waals surface area contributed by atoms with Crippen LogP contribution in [0.5, 0.6) is 0 Å². The summed E-state index contributed by atoms with van der Waals surface area (Å²) in [6, 6.07) is -1.31.